The van der Waals surface area contributed by atoms with E-state index >= 15 is 0 Å². The number of carbonyl (C=O) groups excluding carboxylic acids is 1. The van der Waals surface area contributed by atoms with Crippen molar-refractivity contribution in [3.63, 3.8) is 0 Å². The second kappa shape index (κ2) is 7.02. The molecule has 1 amide bonds. The molecule has 1 aromatic carbocycles. The molecule has 2 aliphatic rings. The van der Waals surface area contributed by atoms with E-state index < -0.39 is 6.10 Å². The molecule has 4 nitrogen and oxygen atoms in total. The van der Waals surface area contributed by atoms with Crippen LogP contribution in [0.15, 0.2) is 24.3 Å². The predicted molar refractivity (Wildman–Crippen MR) is 89.3 cm³/mol. The van der Waals surface area contributed by atoms with Gasteiger partial charge >= 0.3 is 0 Å². The molecule has 3 rings (SSSR count). The van der Waals surface area contributed by atoms with E-state index in [1.54, 1.807) is 0 Å². The normalized spacial score (nSPS) is 26.9. The molecule has 4 heteroatoms. The van der Waals surface area contributed by atoms with Crippen molar-refractivity contribution in [3.05, 3.63) is 35.4 Å². The highest BCUT2D eigenvalue weighted by Gasteiger charge is 2.37. The number of amides is 1. The molecular formula is C19H27NO3. The van der Waals surface area contributed by atoms with E-state index in [1.165, 1.54) is 11.1 Å². The number of nitrogens with one attached hydrogen (secondary N) is 1. The van der Waals surface area contributed by atoms with E-state index in [9.17, 15) is 9.90 Å². The van der Waals surface area contributed by atoms with Gasteiger partial charge in [0.15, 0.2) is 0 Å². The first-order chi connectivity index (χ1) is 11.1. The van der Waals surface area contributed by atoms with E-state index in [2.05, 4.69) is 36.5 Å². The lowest BCUT2D eigenvalue weighted by molar-refractivity contribution is -0.128. The third-order valence-corrected chi connectivity index (χ3v) is 5.58. The van der Waals surface area contributed by atoms with Crippen molar-refractivity contribution in [1.82, 2.24) is 5.32 Å². The molecule has 0 bridgehead atoms. The van der Waals surface area contributed by atoms with Crippen LogP contribution in [-0.4, -0.2) is 36.9 Å². The molecule has 1 saturated heterocycles. The number of benzene rings is 1. The van der Waals surface area contributed by atoms with Gasteiger partial charge in [0.2, 0.25) is 5.91 Å². The van der Waals surface area contributed by atoms with E-state index in [0.717, 1.165) is 45.3 Å². The SMILES string of the molecule is Cc1ccccc1C1(CNC(=O)C2CCCC2O)CCOCC1. The molecule has 2 fully saturated rings. The largest absolute Gasteiger partial charge is 0.392 e. The van der Waals surface area contributed by atoms with E-state index in [0.29, 0.717) is 6.54 Å². The fraction of sp³-hybridized carbons (Fsp3) is 0.632. The number of aliphatic hydroxyl groups is 1. The van der Waals surface area contributed by atoms with Crippen molar-refractivity contribution >= 4 is 5.91 Å². The number of carbonyl (C=O) groups is 1. The van der Waals surface area contributed by atoms with Crippen LogP contribution >= 0.6 is 0 Å². The summed E-state index contributed by atoms with van der Waals surface area (Å²) >= 11 is 0. The summed E-state index contributed by atoms with van der Waals surface area (Å²) in [5.41, 5.74) is 2.53. The highest BCUT2D eigenvalue weighted by Crippen LogP contribution is 2.36. The molecule has 0 radical (unpaired) electrons. The topological polar surface area (TPSA) is 58.6 Å². The first-order valence-corrected chi connectivity index (χ1v) is 8.72. The summed E-state index contributed by atoms with van der Waals surface area (Å²) in [5, 5.41) is 13.1. The molecule has 1 heterocycles. The fourth-order valence-electron chi connectivity index (χ4n) is 4.11. The molecule has 1 saturated carbocycles. The monoisotopic (exact) mass is 317 g/mol. The Labute approximate surface area is 138 Å². The molecule has 1 aliphatic carbocycles. The van der Waals surface area contributed by atoms with Crippen LogP contribution in [-0.2, 0) is 14.9 Å². The van der Waals surface area contributed by atoms with Crippen molar-refractivity contribution < 1.29 is 14.6 Å². The van der Waals surface area contributed by atoms with Gasteiger partial charge < -0.3 is 15.2 Å². The number of hydrogen-bond donors (Lipinski definition) is 2. The standard InChI is InChI=1S/C19H27NO3/c1-14-5-2-3-7-16(14)19(9-11-23-12-10-19)13-20-18(22)15-6-4-8-17(15)21/h2-3,5,7,15,17,21H,4,6,8-13H2,1H3,(H,20,22). The van der Waals surface area contributed by atoms with Crippen molar-refractivity contribution in [2.24, 2.45) is 5.92 Å². The maximum Gasteiger partial charge on any atom is 0.225 e. The summed E-state index contributed by atoms with van der Waals surface area (Å²) in [6.45, 7) is 4.23. The molecule has 1 aromatic rings. The quantitative estimate of drug-likeness (QED) is 0.896. The van der Waals surface area contributed by atoms with Gasteiger partial charge in [0, 0.05) is 25.2 Å². The van der Waals surface area contributed by atoms with Crippen LogP contribution < -0.4 is 5.32 Å². The lowest BCUT2D eigenvalue weighted by atomic mass is 9.72. The van der Waals surface area contributed by atoms with Crippen LogP contribution in [0.5, 0.6) is 0 Å². The molecule has 0 spiro atoms. The van der Waals surface area contributed by atoms with Gasteiger partial charge in [0.25, 0.3) is 0 Å². The van der Waals surface area contributed by atoms with Crippen molar-refractivity contribution in [2.75, 3.05) is 19.8 Å². The fourth-order valence-corrected chi connectivity index (χ4v) is 4.11. The highest BCUT2D eigenvalue weighted by atomic mass is 16.5. The van der Waals surface area contributed by atoms with Gasteiger partial charge in [-0.2, -0.15) is 0 Å². The second-order valence-corrected chi connectivity index (χ2v) is 7.03. The average Bonchev–Trinajstić information content (AvgIpc) is 3.00. The van der Waals surface area contributed by atoms with Crippen molar-refractivity contribution in [1.29, 1.82) is 0 Å². The summed E-state index contributed by atoms with van der Waals surface area (Å²) in [5.74, 6) is -0.224. The molecular weight excluding hydrogens is 290 g/mol. The molecule has 0 aromatic heterocycles. The molecule has 2 atom stereocenters. The summed E-state index contributed by atoms with van der Waals surface area (Å²) in [6.07, 6.45) is 3.86. The zero-order valence-corrected chi connectivity index (χ0v) is 13.9. The van der Waals surface area contributed by atoms with Gasteiger partial charge in [-0.3, -0.25) is 4.79 Å². The Bertz CT molecular complexity index is 551. The third kappa shape index (κ3) is 3.43. The van der Waals surface area contributed by atoms with E-state index in [4.69, 9.17) is 4.74 Å². The Balaban J connectivity index is 1.75. The lowest BCUT2D eigenvalue weighted by Gasteiger charge is -2.39. The van der Waals surface area contributed by atoms with Crippen molar-refractivity contribution in [2.45, 2.75) is 50.5 Å². The van der Waals surface area contributed by atoms with Gasteiger partial charge in [-0.05, 0) is 50.2 Å². The van der Waals surface area contributed by atoms with E-state index in [-0.39, 0.29) is 17.2 Å². The Morgan fingerprint density at radius 3 is 2.70 bits per heavy atom. The maximum atomic E-state index is 12.5. The molecule has 23 heavy (non-hydrogen) atoms. The summed E-state index contributed by atoms with van der Waals surface area (Å²) in [7, 11) is 0. The van der Waals surface area contributed by atoms with Gasteiger partial charge in [-0.1, -0.05) is 24.3 Å². The molecule has 1 aliphatic heterocycles. The number of rotatable bonds is 4. The minimum absolute atomic E-state index is 0.00875. The van der Waals surface area contributed by atoms with Gasteiger partial charge in [0.05, 0.1) is 12.0 Å². The van der Waals surface area contributed by atoms with Crippen LogP contribution in [0.1, 0.15) is 43.2 Å². The number of aliphatic hydroxyl groups excluding tert-OH is 1. The van der Waals surface area contributed by atoms with Gasteiger partial charge in [-0.15, -0.1) is 0 Å². The minimum atomic E-state index is -0.473. The first-order valence-electron chi connectivity index (χ1n) is 8.72. The van der Waals surface area contributed by atoms with Crippen LogP contribution in [0.2, 0.25) is 0 Å². The Hall–Kier alpha value is -1.39. The Morgan fingerprint density at radius 2 is 2.04 bits per heavy atom. The van der Waals surface area contributed by atoms with Crippen molar-refractivity contribution in [3.8, 4) is 0 Å². The number of hydrogen-bond acceptors (Lipinski definition) is 3. The van der Waals surface area contributed by atoms with Crippen LogP contribution in [0.3, 0.4) is 0 Å². The zero-order chi connectivity index (χ0) is 16.3. The molecule has 126 valence electrons. The highest BCUT2D eigenvalue weighted by molar-refractivity contribution is 5.79. The second-order valence-electron chi connectivity index (χ2n) is 7.03. The number of aryl methyl sites for hydroxylation is 1. The smallest absolute Gasteiger partial charge is 0.225 e. The maximum absolute atomic E-state index is 12.5. The van der Waals surface area contributed by atoms with Gasteiger partial charge in [0.1, 0.15) is 0 Å². The summed E-state index contributed by atoms with van der Waals surface area (Å²) in [4.78, 5) is 12.5. The van der Waals surface area contributed by atoms with Crippen LogP contribution in [0.4, 0.5) is 0 Å². The molecule has 2 unspecified atom stereocenters. The van der Waals surface area contributed by atoms with E-state index in [1.807, 2.05) is 0 Å². The Morgan fingerprint density at radius 1 is 1.30 bits per heavy atom. The predicted octanol–water partition coefficient (Wildman–Crippen LogP) is 2.32. The first kappa shape index (κ1) is 16.5. The van der Waals surface area contributed by atoms with Crippen LogP contribution in [0, 0.1) is 12.8 Å². The van der Waals surface area contributed by atoms with Gasteiger partial charge in [-0.25, -0.2) is 0 Å². The summed E-state index contributed by atoms with van der Waals surface area (Å²) < 4.78 is 5.56. The average molecular weight is 317 g/mol. The zero-order valence-electron chi connectivity index (χ0n) is 13.9. The lowest BCUT2D eigenvalue weighted by Crippen LogP contribution is -2.47. The summed E-state index contributed by atoms with van der Waals surface area (Å²) in [6, 6.07) is 8.44. The third-order valence-electron chi connectivity index (χ3n) is 5.58. The Kier molecular flexibility index (Phi) is 5.02. The molecule has 2 N–H and O–H groups in total. The number of ether oxygens (including phenoxy) is 1. The minimum Gasteiger partial charge on any atom is -0.392 e. The van der Waals surface area contributed by atoms with Crippen LogP contribution in [0.25, 0.3) is 0 Å².